The molecule has 5 heterocycles. The molecule has 7 aromatic rings. The van der Waals surface area contributed by atoms with Gasteiger partial charge in [0.05, 0.1) is 0 Å². The molecule has 8 bridgehead atoms. The van der Waals surface area contributed by atoms with Crippen LogP contribution in [0, 0.1) is 0 Å². The molecular formula is C48H50N8. The quantitative estimate of drug-likeness (QED) is 0.161. The lowest BCUT2D eigenvalue weighted by atomic mass is 9.96. The minimum absolute atomic E-state index is 0.651. The Labute approximate surface area is 328 Å². The van der Waals surface area contributed by atoms with Crippen molar-refractivity contribution < 1.29 is 0 Å². The Morgan fingerprint density at radius 2 is 0.482 bits per heavy atom. The van der Waals surface area contributed by atoms with Crippen molar-refractivity contribution in [2.45, 2.75) is 107 Å². The van der Waals surface area contributed by atoms with Gasteiger partial charge in [-0.1, -0.05) is 55.4 Å². The predicted molar refractivity (Wildman–Crippen MR) is 231 cm³/mol. The van der Waals surface area contributed by atoms with E-state index in [4.69, 9.17) is 29.9 Å². The zero-order valence-electron chi connectivity index (χ0n) is 34.0. The van der Waals surface area contributed by atoms with Crippen molar-refractivity contribution in [2.75, 3.05) is 0 Å². The van der Waals surface area contributed by atoms with E-state index in [2.05, 4.69) is 114 Å². The standard InChI is InChI=1S/C48H50N8/c1-9-25-17-33-34(18-26(25)10-2)42-49-41(33)53-43-35-19-27(11-3)28(12-4)20-36(35)45(50-43)55-47-39-23-31(15-7)32(16-8)24-40(39)48(52-47)56-46-38-22-30(14-6)29(13-5)21-37(38)44(51-46)54-42/h17-24H,9-16H2,1-8H3,(H2,49,50,51,52,53,54,55,56). The van der Waals surface area contributed by atoms with Crippen molar-refractivity contribution in [3.8, 4) is 45.6 Å². The summed E-state index contributed by atoms with van der Waals surface area (Å²) in [5, 5.41) is 4.11. The summed E-state index contributed by atoms with van der Waals surface area (Å²) >= 11 is 0. The number of H-pyrrole nitrogens is 2. The average molecular weight is 739 g/mol. The average Bonchev–Trinajstić information content (AvgIpc) is 3.95. The first-order chi connectivity index (χ1) is 27.3. The molecule has 0 atom stereocenters. The summed E-state index contributed by atoms with van der Waals surface area (Å²) in [7, 11) is 0. The smallest absolute Gasteiger partial charge is 0.164 e. The van der Waals surface area contributed by atoms with E-state index >= 15 is 0 Å². The van der Waals surface area contributed by atoms with Gasteiger partial charge in [0, 0.05) is 43.8 Å². The minimum atomic E-state index is 0.651. The van der Waals surface area contributed by atoms with Crippen LogP contribution in [-0.2, 0) is 51.4 Å². The molecule has 4 aromatic carbocycles. The molecule has 0 radical (unpaired) electrons. The number of hydrogen-bond acceptors (Lipinski definition) is 6. The molecule has 0 aliphatic carbocycles. The third kappa shape index (κ3) is 5.63. The van der Waals surface area contributed by atoms with E-state index in [1.807, 2.05) is 0 Å². The number of aryl methyl sites for hydroxylation is 8. The van der Waals surface area contributed by atoms with Crippen LogP contribution in [0.4, 0.5) is 0 Å². The summed E-state index contributed by atoms with van der Waals surface area (Å²) in [6.07, 6.45) is 7.44. The number of fused-ring (bicyclic) bond motifs is 20. The van der Waals surface area contributed by atoms with Crippen LogP contribution in [0.25, 0.3) is 89.7 Å². The van der Waals surface area contributed by atoms with Gasteiger partial charge in [-0.15, -0.1) is 0 Å². The van der Waals surface area contributed by atoms with Crippen LogP contribution in [-0.4, -0.2) is 39.9 Å². The van der Waals surface area contributed by atoms with Gasteiger partial charge >= 0.3 is 0 Å². The summed E-state index contributed by atoms with van der Waals surface area (Å²) in [5.74, 6) is 2.60. The SMILES string of the molecule is CCc1cc2c(cc1CC)-c1nc-2nc2[nH]c(nc3nc(nc4[nH]c(n1)c1cc(CC)c(CC)cc41)-c1cc(CC)c(CC)cc1-3)c1cc(CC)c(CC)cc21. The molecule has 56 heavy (non-hydrogen) atoms. The van der Waals surface area contributed by atoms with Crippen molar-refractivity contribution in [1.82, 2.24) is 39.9 Å². The van der Waals surface area contributed by atoms with Crippen LogP contribution in [0.15, 0.2) is 48.5 Å². The van der Waals surface area contributed by atoms with E-state index < -0.39 is 0 Å². The molecule has 0 unspecified atom stereocenters. The maximum atomic E-state index is 5.38. The van der Waals surface area contributed by atoms with Crippen molar-refractivity contribution in [3.05, 3.63) is 93.0 Å². The van der Waals surface area contributed by atoms with Gasteiger partial charge in [-0.2, -0.15) is 0 Å². The van der Waals surface area contributed by atoms with E-state index in [0.29, 0.717) is 23.3 Å². The summed E-state index contributed by atoms with van der Waals surface area (Å²) in [6.45, 7) is 17.7. The molecular weight excluding hydrogens is 689 g/mol. The Morgan fingerprint density at radius 3 is 0.679 bits per heavy atom. The van der Waals surface area contributed by atoms with Crippen molar-refractivity contribution in [1.29, 1.82) is 0 Å². The molecule has 8 heteroatoms. The fourth-order valence-electron chi connectivity index (χ4n) is 8.97. The number of rotatable bonds is 8. The van der Waals surface area contributed by atoms with Gasteiger partial charge in [-0.25, -0.2) is 29.9 Å². The molecule has 0 saturated carbocycles. The Hall–Kier alpha value is -5.76. The first kappa shape index (κ1) is 35.9. The minimum Gasteiger partial charge on any atom is -0.324 e. The fraction of sp³-hybridized carbons (Fsp3) is 0.333. The normalized spacial score (nSPS) is 12.1. The van der Waals surface area contributed by atoms with Gasteiger partial charge in [0.15, 0.2) is 23.3 Å². The predicted octanol–water partition coefficient (Wildman–Crippen LogP) is 11.4. The van der Waals surface area contributed by atoms with Crippen LogP contribution in [0.1, 0.15) is 99.9 Å². The number of aromatic nitrogens is 8. The Balaban J connectivity index is 1.50. The third-order valence-corrected chi connectivity index (χ3v) is 12.2. The van der Waals surface area contributed by atoms with E-state index in [-0.39, 0.29) is 0 Å². The molecule has 0 fully saturated rings. The summed E-state index contributed by atoms with van der Waals surface area (Å²) in [4.78, 5) is 39.4. The van der Waals surface area contributed by atoms with Crippen LogP contribution in [0.5, 0.6) is 0 Å². The first-order valence-corrected chi connectivity index (χ1v) is 20.8. The summed E-state index contributed by atoms with van der Waals surface area (Å²) in [6, 6.07) is 18.3. The van der Waals surface area contributed by atoms with Crippen LogP contribution in [0.3, 0.4) is 0 Å². The fourth-order valence-corrected chi connectivity index (χ4v) is 8.97. The number of benzene rings is 4. The Bertz CT molecular complexity index is 2530. The van der Waals surface area contributed by atoms with Crippen molar-refractivity contribution in [2.24, 2.45) is 0 Å². The van der Waals surface area contributed by atoms with Gasteiger partial charge in [0.1, 0.15) is 22.6 Å². The molecule has 8 nitrogen and oxygen atoms in total. The molecule has 0 spiro atoms. The maximum Gasteiger partial charge on any atom is 0.164 e. The third-order valence-electron chi connectivity index (χ3n) is 12.2. The zero-order valence-corrected chi connectivity index (χ0v) is 34.0. The molecule has 2 aliphatic heterocycles. The van der Waals surface area contributed by atoms with Crippen molar-refractivity contribution in [3.63, 3.8) is 0 Å². The molecule has 3 aromatic heterocycles. The Morgan fingerprint density at radius 1 is 0.286 bits per heavy atom. The highest BCUT2D eigenvalue weighted by molar-refractivity contribution is 6.07. The van der Waals surface area contributed by atoms with Crippen LogP contribution < -0.4 is 0 Å². The summed E-state index contributed by atoms with van der Waals surface area (Å²) < 4.78 is 0. The second-order valence-electron chi connectivity index (χ2n) is 15.1. The Kier molecular flexibility index (Phi) is 9.02. The lowest BCUT2D eigenvalue weighted by molar-refractivity contribution is 1.04. The topological polar surface area (TPSA) is 109 Å². The number of aromatic amines is 2. The molecule has 0 amide bonds. The lowest BCUT2D eigenvalue weighted by Crippen LogP contribution is -1.94. The highest BCUT2D eigenvalue weighted by atomic mass is 15.1. The largest absolute Gasteiger partial charge is 0.324 e. The van der Waals surface area contributed by atoms with Gasteiger partial charge in [-0.05, 0) is 144 Å². The van der Waals surface area contributed by atoms with Gasteiger partial charge in [0.2, 0.25) is 0 Å². The molecule has 0 saturated heterocycles. The van der Waals surface area contributed by atoms with E-state index in [1.165, 1.54) is 44.5 Å². The van der Waals surface area contributed by atoms with Crippen molar-refractivity contribution >= 4 is 44.1 Å². The summed E-state index contributed by atoms with van der Waals surface area (Å²) in [5.41, 5.74) is 17.4. The van der Waals surface area contributed by atoms with E-state index in [9.17, 15) is 0 Å². The van der Waals surface area contributed by atoms with Gasteiger partial charge in [-0.3, -0.25) is 0 Å². The second-order valence-corrected chi connectivity index (χ2v) is 15.1. The zero-order chi connectivity index (χ0) is 38.8. The highest BCUT2D eigenvalue weighted by Crippen LogP contribution is 2.40. The number of nitrogens with one attached hydrogen (secondary N) is 2. The van der Waals surface area contributed by atoms with Crippen LogP contribution >= 0.6 is 0 Å². The van der Waals surface area contributed by atoms with Crippen LogP contribution in [0.2, 0.25) is 0 Å². The van der Waals surface area contributed by atoms with E-state index in [1.54, 1.807) is 0 Å². The molecule has 2 aliphatic rings. The number of hydrogen-bond donors (Lipinski definition) is 2. The maximum absolute atomic E-state index is 5.38. The van der Waals surface area contributed by atoms with Gasteiger partial charge < -0.3 is 9.97 Å². The monoisotopic (exact) mass is 738 g/mol. The number of nitrogens with zero attached hydrogens (tertiary/aromatic N) is 6. The molecule has 2 N–H and O–H groups in total. The molecule has 9 rings (SSSR count). The molecule has 282 valence electrons. The first-order valence-electron chi connectivity index (χ1n) is 20.8. The second kappa shape index (κ2) is 14.1. The lowest BCUT2D eigenvalue weighted by Gasteiger charge is -2.09. The van der Waals surface area contributed by atoms with E-state index in [0.717, 1.165) is 118 Å². The highest BCUT2D eigenvalue weighted by Gasteiger charge is 2.25. The van der Waals surface area contributed by atoms with Gasteiger partial charge in [0.25, 0.3) is 0 Å².